The van der Waals surface area contributed by atoms with Crippen molar-refractivity contribution in [3.8, 4) is 5.75 Å². The second-order valence-electron chi connectivity index (χ2n) is 15.4. The molecule has 1 unspecified atom stereocenters. The van der Waals surface area contributed by atoms with Gasteiger partial charge in [-0.15, -0.1) is 4.36 Å². The molecule has 270 valence electrons. The standard InChI is InChI=1S/C38H49ClN4O6S/c1-25-7-5-9-33(47-3)30-13-10-28(30)19-42-23-38(16-6-8-26-17-29(39)12-14-31(26)38)24-49-34-15-11-27(18-32(34)42)35(44)40-50(46,20-25)41-36(45)43-21-37(2,22-43)48-4/h5,9,11-12,14-15,17-18,25,28,30,33H,6-8,10,13,16,19-24H2,1-4H3,(H,40,41,44,45,46)/b9-5-/t25-,28-,30+,33-,38-,50?/m0/s1. The van der Waals surface area contributed by atoms with Gasteiger partial charge in [-0.25, -0.2) is 9.00 Å². The lowest BCUT2D eigenvalue weighted by Gasteiger charge is -2.46. The molecule has 2 bridgehead atoms. The van der Waals surface area contributed by atoms with E-state index in [2.05, 4.69) is 38.3 Å². The Balaban J connectivity index is 1.27. The van der Waals surface area contributed by atoms with Crippen LogP contribution >= 0.6 is 11.6 Å². The minimum atomic E-state index is -3.48. The number of allylic oxidation sites excluding steroid dienone is 1. The SMILES string of the molecule is CO[C@H]1/C=C\C[C@H](C)CS(=O)(NC(=O)N2CC(C)(OC)C2)=NC(=O)c2ccc3c(c2)N(C[C@@H]2CC[C@H]21)C[C@@]1(CCCc2cc(Cl)ccc21)CO3. The second-order valence-corrected chi connectivity index (χ2v) is 17.8. The molecule has 1 saturated carbocycles. The predicted molar refractivity (Wildman–Crippen MR) is 195 cm³/mol. The quantitative estimate of drug-likeness (QED) is 0.365. The van der Waals surface area contributed by atoms with Gasteiger partial charge in [0, 0.05) is 43.3 Å². The molecule has 3 amide bonds. The van der Waals surface area contributed by atoms with Gasteiger partial charge in [0.1, 0.15) is 21.3 Å². The first-order chi connectivity index (χ1) is 23.9. The molecule has 5 aliphatic rings. The lowest BCUT2D eigenvalue weighted by molar-refractivity contribution is -0.0902. The summed E-state index contributed by atoms with van der Waals surface area (Å²) in [6.07, 6.45) is 9.93. The molecule has 0 aromatic heterocycles. The van der Waals surface area contributed by atoms with Crippen molar-refractivity contribution >= 4 is 39.1 Å². The van der Waals surface area contributed by atoms with Crippen molar-refractivity contribution in [2.75, 3.05) is 57.7 Å². The zero-order chi connectivity index (χ0) is 35.3. The number of rotatable bonds is 3. The topological polar surface area (TPSA) is 110 Å². The first-order valence-electron chi connectivity index (χ1n) is 17.8. The van der Waals surface area contributed by atoms with E-state index in [0.29, 0.717) is 49.3 Å². The number of nitrogens with zero attached hydrogens (tertiary/aromatic N) is 3. The van der Waals surface area contributed by atoms with Crippen LogP contribution in [0.1, 0.15) is 67.4 Å². The molecule has 2 aromatic rings. The van der Waals surface area contributed by atoms with Crippen LogP contribution in [0.15, 0.2) is 52.9 Å². The Morgan fingerprint density at radius 1 is 1.14 bits per heavy atom. The van der Waals surface area contributed by atoms with Gasteiger partial charge in [0.05, 0.1) is 37.2 Å². The lowest BCUT2D eigenvalue weighted by atomic mass is 9.68. The molecular weight excluding hydrogens is 676 g/mol. The fraction of sp³-hybridized carbons (Fsp3) is 0.579. The first-order valence-corrected chi connectivity index (χ1v) is 19.9. The third kappa shape index (κ3) is 6.90. The minimum Gasteiger partial charge on any atom is -0.490 e. The molecule has 2 fully saturated rings. The lowest BCUT2D eigenvalue weighted by Crippen LogP contribution is -2.65. The monoisotopic (exact) mass is 724 g/mol. The van der Waals surface area contributed by atoms with Crippen LogP contribution in [0.5, 0.6) is 5.75 Å². The van der Waals surface area contributed by atoms with Gasteiger partial charge in [-0.3, -0.25) is 9.52 Å². The van der Waals surface area contributed by atoms with Gasteiger partial charge in [0.2, 0.25) is 0 Å². The number of aryl methyl sites for hydroxylation is 1. The van der Waals surface area contributed by atoms with Gasteiger partial charge in [-0.05, 0) is 105 Å². The van der Waals surface area contributed by atoms with Crippen LogP contribution < -0.4 is 14.4 Å². The summed E-state index contributed by atoms with van der Waals surface area (Å²) in [4.78, 5) is 31.2. The third-order valence-electron chi connectivity index (χ3n) is 11.6. The van der Waals surface area contributed by atoms with E-state index in [0.717, 1.165) is 55.9 Å². The Kier molecular flexibility index (Phi) is 9.73. The molecule has 7 rings (SSSR count). The number of hydrogen-bond acceptors (Lipinski definition) is 7. The summed E-state index contributed by atoms with van der Waals surface area (Å²) in [6, 6.07) is 11.1. The van der Waals surface area contributed by atoms with Crippen LogP contribution in [0, 0.1) is 17.8 Å². The van der Waals surface area contributed by atoms with E-state index in [1.165, 1.54) is 16.0 Å². The molecule has 1 N–H and O–H groups in total. The van der Waals surface area contributed by atoms with E-state index in [1.54, 1.807) is 20.3 Å². The van der Waals surface area contributed by atoms with Crippen molar-refractivity contribution in [3.63, 3.8) is 0 Å². The van der Waals surface area contributed by atoms with E-state index in [1.807, 2.05) is 32.0 Å². The number of carbonyl (C=O) groups is 2. The molecule has 6 atom stereocenters. The molecule has 3 heterocycles. The van der Waals surface area contributed by atoms with Crippen molar-refractivity contribution in [3.05, 3.63) is 70.3 Å². The Morgan fingerprint density at radius 3 is 2.70 bits per heavy atom. The molecule has 1 spiro atoms. The van der Waals surface area contributed by atoms with Gasteiger partial charge in [0.15, 0.2) is 0 Å². The second kappa shape index (κ2) is 13.8. The normalized spacial score (nSPS) is 32.6. The molecule has 10 nitrogen and oxygen atoms in total. The molecule has 2 aliphatic carbocycles. The van der Waals surface area contributed by atoms with Crippen LogP contribution in [-0.4, -0.2) is 85.5 Å². The number of fused-ring (bicyclic) bond motifs is 4. The number of likely N-dealkylation sites (tertiary alicyclic amines) is 1. The zero-order valence-corrected chi connectivity index (χ0v) is 31.1. The first kappa shape index (κ1) is 35.3. The summed E-state index contributed by atoms with van der Waals surface area (Å²) >= 11 is 6.45. The summed E-state index contributed by atoms with van der Waals surface area (Å²) in [5.74, 6) is 0.722. The number of carbonyl (C=O) groups excluding carboxylic acids is 2. The highest BCUT2D eigenvalue weighted by molar-refractivity contribution is 7.92. The van der Waals surface area contributed by atoms with Crippen LogP contribution in [0.2, 0.25) is 5.02 Å². The Bertz CT molecular complexity index is 1800. The largest absolute Gasteiger partial charge is 0.490 e. The zero-order valence-electron chi connectivity index (χ0n) is 29.5. The van der Waals surface area contributed by atoms with Crippen LogP contribution in [-0.2, 0) is 31.2 Å². The number of methoxy groups -OCH3 is 2. The highest BCUT2D eigenvalue weighted by Gasteiger charge is 2.45. The fourth-order valence-electron chi connectivity index (χ4n) is 8.60. The number of ether oxygens (including phenoxy) is 3. The van der Waals surface area contributed by atoms with E-state index in [9.17, 15) is 13.8 Å². The number of hydrogen-bond donors (Lipinski definition) is 1. The highest BCUT2D eigenvalue weighted by Crippen LogP contribution is 2.47. The highest BCUT2D eigenvalue weighted by atomic mass is 35.5. The smallest absolute Gasteiger partial charge is 0.330 e. The summed E-state index contributed by atoms with van der Waals surface area (Å²) in [5, 5.41) is 0.743. The van der Waals surface area contributed by atoms with E-state index < -0.39 is 27.5 Å². The Morgan fingerprint density at radius 2 is 1.96 bits per heavy atom. The number of amides is 3. The van der Waals surface area contributed by atoms with E-state index in [4.69, 9.17) is 25.8 Å². The molecule has 12 heteroatoms. The van der Waals surface area contributed by atoms with Gasteiger partial charge < -0.3 is 24.0 Å². The van der Waals surface area contributed by atoms with Crippen molar-refractivity contribution < 1.29 is 28.0 Å². The summed E-state index contributed by atoms with van der Waals surface area (Å²) in [7, 11) is -0.110. The maximum absolute atomic E-state index is 14.5. The predicted octanol–water partition coefficient (Wildman–Crippen LogP) is 6.40. The maximum Gasteiger partial charge on any atom is 0.330 e. The molecule has 1 saturated heterocycles. The summed E-state index contributed by atoms with van der Waals surface area (Å²) in [6.45, 7) is 6.61. The van der Waals surface area contributed by atoms with Gasteiger partial charge in [-0.2, -0.15) is 0 Å². The minimum absolute atomic E-state index is 0.0278. The van der Waals surface area contributed by atoms with Gasteiger partial charge in [0.25, 0.3) is 5.91 Å². The average Bonchev–Trinajstić information content (AvgIpc) is 3.20. The summed E-state index contributed by atoms with van der Waals surface area (Å²) < 4.78 is 39.6. The van der Waals surface area contributed by atoms with Gasteiger partial charge in [-0.1, -0.05) is 36.7 Å². The van der Waals surface area contributed by atoms with Crippen molar-refractivity contribution in [1.82, 2.24) is 9.62 Å². The summed E-state index contributed by atoms with van der Waals surface area (Å²) in [5.41, 5.74) is 2.98. The number of nitrogens with one attached hydrogen (secondary N) is 1. The fourth-order valence-corrected chi connectivity index (χ4v) is 10.7. The number of urea groups is 1. The molecule has 0 radical (unpaired) electrons. The van der Waals surface area contributed by atoms with Crippen molar-refractivity contribution in [2.45, 2.75) is 69.5 Å². The van der Waals surface area contributed by atoms with Crippen molar-refractivity contribution in [2.24, 2.45) is 22.1 Å². The number of benzene rings is 2. The molecule has 3 aliphatic heterocycles. The number of halogens is 1. The van der Waals surface area contributed by atoms with Crippen LogP contribution in [0.3, 0.4) is 0 Å². The molecule has 50 heavy (non-hydrogen) atoms. The molecular formula is C38H49ClN4O6S. The van der Waals surface area contributed by atoms with E-state index >= 15 is 0 Å². The van der Waals surface area contributed by atoms with Gasteiger partial charge >= 0.3 is 6.03 Å². The van der Waals surface area contributed by atoms with Crippen molar-refractivity contribution in [1.29, 1.82) is 0 Å². The maximum atomic E-state index is 14.5. The molecule has 2 aromatic carbocycles. The van der Waals surface area contributed by atoms with Crippen LogP contribution in [0.25, 0.3) is 0 Å². The Labute approximate surface area is 301 Å². The average molecular weight is 725 g/mol. The van der Waals surface area contributed by atoms with Crippen LogP contribution in [0.4, 0.5) is 10.5 Å². The third-order valence-corrected chi connectivity index (χ3v) is 13.8. The number of anilines is 1. The van der Waals surface area contributed by atoms with E-state index in [-0.39, 0.29) is 23.2 Å². The Hall–Kier alpha value is -3.12.